The molecule has 0 unspecified atom stereocenters. The van der Waals surface area contributed by atoms with Crippen LogP contribution in [0.4, 0.5) is 10.1 Å². The predicted molar refractivity (Wildman–Crippen MR) is 120 cm³/mol. The van der Waals surface area contributed by atoms with Gasteiger partial charge in [0.25, 0.3) is 5.91 Å². The summed E-state index contributed by atoms with van der Waals surface area (Å²) in [5.74, 6) is -0.793. The van der Waals surface area contributed by atoms with Gasteiger partial charge in [-0.05, 0) is 60.9 Å². The van der Waals surface area contributed by atoms with Crippen molar-refractivity contribution >= 4 is 35.3 Å². The minimum absolute atomic E-state index is 0.0181. The second kappa shape index (κ2) is 9.01. The highest BCUT2D eigenvalue weighted by molar-refractivity contribution is 6.31. The van der Waals surface area contributed by atoms with E-state index in [4.69, 9.17) is 11.6 Å². The van der Waals surface area contributed by atoms with E-state index in [1.165, 1.54) is 18.2 Å². The van der Waals surface area contributed by atoms with E-state index in [2.05, 4.69) is 10.3 Å². The van der Waals surface area contributed by atoms with Gasteiger partial charge in [0.05, 0.1) is 16.8 Å². The second-order valence-corrected chi connectivity index (χ2v) is 8.31. The summed E-state index contributed by atoms with van der Waals surface area (Å²) in [5.41, 5.74) is 1.13. The van der Waals surface area contributed by atoms with Crippen LogP contribution in [-0.4, -0.2) is 23.0 Å². The largest absolute Gasteiger partial charge is 0.320 e. The van der Waals surface area contributed by atoms with Crippen molar-refractivity contribution in [3.8, 4) is 0 Å². The Kier molecular flexibility index (Phi) is 6.15. The maximum absolute atomic E-state index is 13.2. The van der Waals surface area contributed by atoms with Crippen molar-refractivity contribution in [1.82, 2.24) is 4.98 Å². The lowest BCUT2D eigenvalue weighted by molar-refractivity contribution is -0.127. The number of carbonyl (C=O) groups is 3. The Hall–Kier alpha value is -3.38. The normalized spacial score (nSPS) is 14.3. The zero-order valence-corrected chi connectivity index (χ0v) is 17.9. The molecule has 4 rings (SSSR count). The van der Waals surface area contributed by atoms with Crippen molar-refractivity contribution in [3.05, 3.63) is 94.0 Å². The second-order valence-electron chi connectivity index (χ2n) is 7.87. The number of benzene rings is 2. The van der Waals surface area contributed by atoms with Gasteiger partial charge in [0.2, 0.25) is 0 Å². The summed E-state index contributed by atoms with van der Waals surface area (Å²) in [5, 5.41) is 3.11. The van der Waals surface area contributed by atoms with Crippen LogP contribution in [0.3, 0.4) is 0 Å². The number of ketones is 1. The van der Waals surface area contributed by atoms with Gasteiger partial charge in [0, 0.05) is 17.0 Å². The molecule has 162 valence electrons. The summed E-state index contributed by atoms with van der Waals surface area (Å²) < 4.78 is 13.2. The van der Waals surface area contributed by atoms with Gasteiger partial charge in [-0.3, -0.25) is 14.4 Å². The predicted octanol–water partition coefficient (Wildman–Crippen LogP) is 5.17. The number of Topliss-reactive ketones (excluding diaryl/α,β-unsaturated/α-hetero) is 1. The minimum atomic E-state index is -0.776. The van der Waals surface area contributed by atoms with E-state index in [-0.39, 0.29) is 29.4 Å². The van der Waals surface area contributed by atoms with Gasteiger partial charge in [-0.15, -0.1) is 0 Å². The first-order valence-corrected chi connectivity index (χ1v) is 10.6. The van der Waals surface area contributed by atoms with Crippen LogP contribution >= 0.6 is 11.6 Å². The number of nitrogens with zero attached hydrogens (tertiary/aromatic N) is 1. The van der Waals surface area contributed by atoms with Gasteiger partial charge < -0.3 is 5.32 Å². The number of rotatable bonds is 7. The Morgan fingerprint density at radius 3 is 2.47 bits per heavy atom. The monoisotopic (exact) mass is 450 g/mol. The van der Waals surface area contributed by atoms with E-state index in [0.29, 0.717) is 35.4 Å². The molecule has 0 bridgehead atoms. The Labute approximate surface area is 189 Å². The lowest BCUT2D eigenvalue weighted by Gasteiger charge is -2.40. The lowest BCUT2D eigenvalue weighted by atomic mass is 9.62. The van der Waals surface area contributed by atoms with Gasteiger partial charge in [-0.2, -0.15) is 0 Å². The Balaban J connectivity index is 1.58. The molecule has 5 nitrogen and oxygen atoms in total. The average Bonchev–Trinajstić information content (AvgIpc) is 2.75. The summed E-state index contributed by atoms with van der Waals surface area (Å²) in [6.45, 7) is 0. The fourth-order valence-corrected chi connectivity index (χ4v) is 4.12. The van der Waals surface area contributed by atoms with Gasteiger partial charge in [0.1, 0.15) is 17.3 Å². The number of aldehydes is 1. The molecule has 1 aliphatic rings. The van der Waals surface area contributed by atoms with Crippen LogP contribution in [-0.2, 0) is 16.6 Å². The van der Waals surface area contributed by atoms with Crippen molar-refractivity contribution in [2.45, 2.75) is 31.1 Å². The van der Waals surface area contributed by atoms with Crippen LogP contribution < -0.4 is 5.32 Å². The number of aromatic nitrogens is 1. The van der Waals surface area contributed by atoms with Crippen molar-refractivity contribution in [1.29, 1.82) is 0 Å². The molecule has 0 aliphatic heterocycles. The van der Waals surface area contributed by atoms with E-state index in [1.807, 2.05) is 0 Å². The van der Waals surface area contributed by atoms with Crippen LogP contribution in [0.5, 0.6) is 0 Å². The smallest absolute Gasteiger partial charge is 0.255 e. The molecule has 0 spiro atoms. The maximum atomic E-state index is 13.2. The summed E-state index contributed by atoms with van der Waals surface area (Å²) in [6.07, 6.45) is 2.86. The van der Waals surface area contributed by atoms with E-state index in [9.17, 15) is 18.8 Å². The molecule has 1 heterocycles. The third-order valence-corrected chi connectivity index (χ3v) is 6.12. The number of carbonyl (C=O) groups excluding carboxylic acids is 3. The molecule has 1 aliphatic carbocycles. The number of nitrogens with one attached hydrogen (secondary N) is 1. The molecule has 3 aromatic rings. The Morgan fingerprint density at radius 2 is 1.84 bits per heavy atom. The molecule has 0 atom stereocenters. The summed E-state index contributed by atoms with van der Waals surface area (Å²) >= 11 is 5.94. The summed E-state index contributed by atoms with van der Waals surface area (Å²) in [4.78, 5) is 41.9. The first-order valence-electron chi connectivity index (χ1n) is 10.2. The molecule has 0 radical (unpaired) electrons. The molecule has 1 amide bonds. The molecule has 1 saturated carbocycles. The van der Waals surface area contributed by atoms with E-state index in [1.54, 1.807) is 42.5 Å². The van der Waals surface area contributed by atoms with E-state index in [0.717, 1.165) is 12.0 Å². The number of hydrogen-bond acceptors (Lipinski definition) is 4. The van der Waals surface area contributed by atoms with Crippen LogP contribution in [0, 0.1) is 5.82 Å². The maximum Gasteiger partial charge on any atom is 0.255 e. The van der Waals surface area contributed by atoms with Crippen molar-refractivity contribution in [2.75, 3.05) is 5.32 Å². The highest BCUT2D eigenvalue weighted by Crippen LogP contribution is 2.44. The van der Waals surface area contributed by atoms with Gasteiger partial charge in [-0.1, -0.05) is 36.2 Å². The zero-order chi connectivity index (χ0) is 22.7. The third kappa shape index (κ3) is 4.32. The number of pyridine rings is 1. The molecule has 1 fully saturated rings. The first kappa shape index (κ1) is 21.8. The molecular formula is C25H20ClFN2O3. The molecule has 1 aromatic heterocycles. The number of hydrogen-bond donors (Lipinski definition) is 1. The number of anilines is 1. The Bertz CT molecular complexity index is 1190. The summed E-state index contributed by atoms with van der Waals surface area (Å²) in [6, 6.07) is 15.6. The van der Waals surface area contributed by atoms with Crippen molar-refractivity contribution < 1.29 is 18.8 Å². The molecular weight excluding hydrogens is 431 g/mol. The highest BCUT2D eigenvalue weighted by Gasteiger charge is 2.46. The van der Waals surface area contributed by atoms with Crippen molar-refractivity contribution in [3.63, 3.8) is 0 Å². The molecule has 1 N–H and O–H groups in total. The number of halogens is 2. The first-order chi connectivity index (χ1) is 15.4. The van der Waals surface area contributed by atoms with Gasteiger partial charge in [-0.25, -0.2) is 9.37 Å². The Morgan fingerprint density at radius 1 is 1.09 bits per heavy atom. The minimum Gasteiger partial charge on any atom is -0.320 e. The quantitative estimate of drug-likeness (QED) is 0.504. The van der Waals surface area contributed by atoms with Crippen LogP contribution in [0.15, 0.2) is 60.7 Å². The number of amides is 1. The van der Waals surface area contributed by atoms with Crippen molar-refractivity contribution in [2.24, 2.45) is 0 Å². The van der Waals surface area contributed by atoms with Crippen LogP contribution in [0.2, 0.25) is 5.02 Å². The van der Waals surface area contributed by atoms with Gasteiger partial charge in [0.15, 0.2) is 6.29 Å². The standard InChI is InChI=1S/C25H20ClFN2O3/c26-18-4-1-3-17(14-18)24(32)29-20-9-10-22(28-21(20)15-30)25(11-2-12-25)23(31)13-16-5-7-19(27)8-6-16/h1,3-10,14-15H,2,11-13H2,(H,29,32). The summed E-state index contributed by atoms with van der Waals surface area (Å²) in [7, 11) is 0. The average molecular weight is 451 g/mol. The topological polar surface area (TPSA) is 76.1 Å². The fraction of sp³-hybridized carbons (Fsp3) is 0.200. The lowest BCUT2D eigenvalue weighted by Crippen LogP contribution is -2.44. The van der Waals surface area contributed by atoms with E-state index >= 15 is 0 Å². The molecule has 7 heteroatoms. The fourth-order valence-electron chi connectivity index (χ4n) is 3.93. The highest BCUT2D eigenvalue weighted by atomic mass is 35.5. The third-order valence-electron chi connectivity index (χ3n) is 5.88. The van der Waals surface area contributed by atoms with Crippen LogP contribution in [0.25, 0.3) is 0 Å². The molecule has 0 saturated heterocycles. The van der Waals surface area contributed by atoms with Crippen LogP contribution in [0.1, 0.15) is 51.4 Å². The van der Waals surface area contributed by atoms with Gasteiger partial charge >= 0.3 is 0 Å². The molecule has 32 heavy (non-hydrogen) atoms. The SMILES string of the molecule is O=Cc1nc(C2(C(=O)Cc3ccc(F)cc3)CCC2)ccc1NC(=O)c1cccc(Cl)c1. The van der Waals surface area contributed by atoms with E-state index < -0.39 is 11.3 Å². The zero-order valence-electron chi connectivity index (χ0n) is 17.1. The molecule has 2 aromatic carbocycles.